The normalized spacial score (nSPS) is 11.0. The lowest BCUT2D eigenvalue weighted by Crippen LogP contribution is -2.13. The molecule has 0 saturated heterocycles. The maximum Gasteiger partial charge on any atom is 0.263 e. The lowest BCUT2D eigenvalue weighted by molar-refractivity contribution is 0.102. The number of carbonyl (C=O) groups excluding carboxylic acids is 1. The van der Waals surface area contributed by atoms with Crippen molar-refractivity contribution >= 4 is 28.0 Å². The maximum absolute atomic E-state index is 13.1. The average molecular weight is 426 g/mol. The number of benzene rings is 2. The Morgan fingerprint density at radius 3 is 2.55 bits per heavy atom. The van der Waals surface area contributed by atoms with Gasteiger partial charge in [-0.15, -0.1) is 0 Å². The van der Waals surface area contributed by atoms with Gasteiger partial charge in [-0.1, -0.05) is 72.0 Å². The molecule has 0 aliphatic carbocycles. The minimum Gasteiger partial charge on any atom is -0.298 e. The Balaban J connectivity index is 1.50. The van der Waals surface area contributed by atoms with Gasteiger partial charge in [-0.05, 0) is 24.1 Å². The summed E-state index contributed by atoms with van der Waals surface area (Å²) in [5.41, 5.74) is 4.81. The number of amides is 1. The molecular weight excluding hydrogens is 406 g/mol. The number of nitrogens with one attached hydrogen (secondary N) is 1. The molecule has 1 N–H and O–H groups in total. The zero-order chi connectivity index (χ0) is 21.2. The number of aryl methyl sites for hydroxylation is 1. The molecule has 0 spiro atoms. The highest BCUT2D eigenvalue weighted by Crippen LogP contribution is 2.34. The van der Waals surface area contributed by atoms with E-state index in [1.54, 1.807) is 23.0 Å². The highest BCUT2D eigenvalue weighted by molar-refractivity contribution is 7.19. The van der Waals surface area contributed by atoms with E-state index in [9.17, 15) is 4.79 Å². The van der Waals surface area contributed by atoms with Crippen molar-refractivity contribution in [2.75, 3.05) is 5.32 Å². The van der Waals surface area contributed by atoms with E-state index in [1.807, 2.05) is 43.3 Å². The number of hydrogen-bond acceptors (Lipinski definition) is 5. The predicted molar refractivity (Wildman–Crippen MR) is 122 cm³/mol. The summed E-state index contributed by atoms with van der Waals surface area (Å²) < 4.78 is 1.61. The Labute approximate surface area is 183 Å². The van der Waals surface area contributed by atoms with Crippen LogP contribution in [0.25, 0.3) is 16.1 Å². The van der Waals surface area contributed by atoms with Crippen molar-refractivity contribution in [3.63, 3.8) is 0 Å². The van der Waals surface area contributed by atoms with Crippen molar-refractivity contribution in [3.8, 4) is 10.4 Å². The molecule has 31 heavy (non-hydrogen) atoms. The lowest BCUT2D eigenvalue weighted by Gasteiger charge is -2.02. The van der Waals surface area contributed by atoms with E-state index in [-0.39, 0.29) is 5.91 Å². The summed E-state index contributed by atoms with van der Waals surface area (Å²) in [4.78, 5) is 23.2. The lowest BCUT2D eigenvalue weighted by atomic mass is 10.1. The van der Waals surface area contributed by atoms with Crippen LogP contribution in [0.5, 0.6) is 0 Å². The third-order valence-electron chi connectivity index (χ3n) is 4.97. The van der Waals surface area contributed by atoms with Gasteiger partial charge in [0, 0.05) is 18.8 Å². The molecule has 0 fully saturated rings. The van der Waals surface area contributed by atoms with Gasteiger partial charge in [0.15, 0.2) is 10.8 Å². The summed E-state index contributed by atoms with van der Waals surface area (Å²) in [5, 5.41) is 7.91. The van der Waals surface area contributed by atoms with Crippen LogP contribution in [-0.2, 0) is 6.42 Å². The smallest absolute Gasteiger partial charge is 0.263 e. The van der Waals surface area contributed by atoms with E-state index >= 15 is 0 Å². The number of anilines is 1. The van der Waals surface area contributed by atoms with Gasteiger partial charge >= 0.3 is 0 Å². The van der Waals surface area contributed by atoms with Crippen LogP contribution in [0, 0.1) is 6.92 Å². The van der Waals surface area contributed by atoms with Crippen LogP contribution in [0.3, 0.4) is 0 Å². The van der Waals surface area contributed by atoms with Crippen molar-refractivity contribution in [1.29, 1.82) is 0 Å². The maximum atomic E-state index is 13.1. The summed E-state index contributed by atoms with van der Waals surface area (Å²) in [6.07, 6.45) is 4.12. The van der Waals surface area contributed by atoms with Crippen molar-refractivity contribution in [3.05, 3.63) is 102 Å². The first kappa shape index (κ1) is 19.1. The first-order valence-electron chi connectivity index (χ1n) is 9.89. The van der Waals surface area contributed by atoms with E-state index in [0.717, 1.165) is 16.1 Å². The monoisotopic (exact) mass is 425 g/mol. The molecule has 0 aliphatic heterocycles. The van der Waals surface area contributed by atoms with Crippen LogP contribution in [-0.4, -0.2) is 25.5 Å². The van der Waals surface area contributed by atoms with Gasteiger partial charge in [-0.2, -0.15) is 5.10 Å². The molecule has 0 aliphatic rings. The molecule has 0 radical (unpaired) electrons. The van der Waals surface area contributed by atoms with Gasteiger partial charge in [0.2, 0.25) is 0 Å². The molecule has 152 valence electrons. The van der Waals surface area contributed by atoms with Gasteiger partial charge in [-0.25, -0.2) is 14.5 Å². The SMILES string of the molecule is Cc1nn2cccnc2c1C(=O)Nc1nc(Cc2ccccc2)c(-c2ccccc2)s1. The third-order valence-corrected chi connectivity index (χ3v) is 6.03. The van der Waals surface area contributed by atoms with E-state index in [0.29, 0.717) is 28.5 Å². The van der Waals surface area contributed by atoms with Crippen LogP contribution in [0.15, 0.2) is 79.1 Å². The average Bonchev–Trinajstić information content (AvgIpc) is 3.34. The second-order valence-electron chi connectivity index (χ2n) is 7.13. The van der Waals surface area contributed by atoms with Gasteiger partial charge in [0.25, 0.3) is 5.91 Å². The largest absolute Gasteiger partial charge is 0.298 e. The second kappa shape index (κ2) is 8.12. The highest BCUT2D eigenvalue weighted by Gasteiger charge is 2.21. The number of carbonyl (C=O) groups is 1. The van der Waals surface area contributed by atoms with Crippen molar-refractivity contribution in [2.45, 2.75) is 13.3 Å². The molecule has 0 atom stereocenters. The van der Waals surface area contributed by atoms with Gasteiger partial charge in [-0.3, -0.25) is 10.1 Å². The Kier molecular flexibility index (Phi) is 5.01. The van der Waals surface area contributed by atoms with Crippen LogP contribution >= 0.6 is 11.3 Å². The molecule has 1 amide bonds. The summed E-state index contributed by atoms with van der Waals surface area (Å²) in [7, 11) is 0. The fraction of sp³-hybridized carbons (Fsp3) is 0.0833. The van der Waals surface area contributed by atoms with Crippen LogP contribution in [0.4, 0.5) is 5.13 Å². The van der Waals surface area contributed by atoms with E-state index in [2.05, 4.69) is 39.7 Å². The highest BCUT2D eigenvalue weighted by atomic mass is 32.1. The summed E-state index contributed by atoms with van der Waals surface area (Å²) in [6, 6.07) is 22.1. The summed E-state index contributed by atoms with van der Waals surface area (Å²) in [6.45, 7) is 1.81. The molecule has 6 nitrogen and oxygen atoms in total. The molecule has 0 unspecified atom stereocenters. The van der Waals surface area contributed by atoms with Gasteiger partial charge in [0.1, 0.15) is 5.56 Å². The summed E-state index contributed by atoms with van der Waals surface area (Å²) in [5.74, 6) is -0.258. The van der Waals surface area contributed by atoms with Gasteiger partial charge < -0.3 is 0 Å². The molecular formula is C24H19N5OS. The fourth-order valence-corrected chi connectivity index (χ4v) is 4.53. The number of hydrogen-bond donors (Lipinski definition) is 1. The van der Waals surface area contributed by atoms with Gasteiger partial charge in [0.05, 0.1) is 16.3 Å². The molecule has 5 aromatic rings. The number of aromatic nitrogens is 4. The number of thiazole rings is 1. The number of rotatable bonds is 5. The molecule has 5 rings (SSSR count). The van der Waals surface area contributed by atoms with E-state index < -0.39 is 0 Å². The zero-order valence-corrected chi connectivity index (χ0v) is 17.6. The Morgan fingerprint density at radius 2 is 1.77 bits per heavy atom. The molecule has 3 heterocycles. The van der Waals surface area contributed by atoms with E-state index in [4.69, 9.17) is 4.98 Å². The molecule has 0 bridgehead atoms. The minimum absolute atomic E-state index is 0.258. The summed E-state index contributed by atoms with van der Waals surface area (Å²) >= 11 is 1.48. The number of fused-ring (bicyclic) bond motifs is 1. The molecule has 0 saturated carbocycles. The zero-order valence-electron chi connectivity index (χ0n) is 16.8. The number of nitrogens with zero attached hydrogens (tertiary/aromatic N) is 4. The standard InChI is InChI=1S/C24H19N5OS/c1-16-20(22-25-13-8-14-29(22)28-16)23(30)27-24-26-19(15-17-9-4-2-5-10-17)21(31-24)18-11-6-3-7-12-18/h2-14H,15H2,1H3,(H,26,27,30). The first-order chi connectivity index (χ1) is 15.2. The topological polar surface area (TPSA) is 72.2 Å². The van der Waals surface area contributed by atoms with Crippen molar-refractivity contribution in [1.82, 2.24) is 19.6 Å². The van der Waals surface area contributed by atoms with Crippen LogP contribution in [0.1, 0.15) is 27.3 Å². The fourth-order valence-electron chi connectivity index (χ4n) is 3.55. The first-order valence-corrected chi connectivity index (χ1v) is 10.7. The molecule has 3 aromatic heterocycles. The third kappa shape index (κ3) is 3.83. The minimum atomic E-state index is -0.258. The van der Waals surface area contributed by atoms with Crippen molar-refractivity contribution in [2.24, 2.45) is 0 Å². The Hall–Kier alpha value is -3.84. The van der Waals surface area contributed by atoms with E-state index in [1.165, 1.54) is 16.9 Å². The molecule has 2 aromatic carbocycles. The van der Waals surface area contributed by atoms with Crippen LogP contribution < -0.4 is 5.32 Å². The van der Waals surface area contributed by atoms with Crippen molar-refractivity contribution < 1.29 is 4.79 Å². The predicted octanol–water partition coefficient (Wildman–Crippen LogP) is 5.00. The molecule has 7 heteroatoms. The van der Waals surface area contributed by atoms with Crippen LogP contribution in [0.2, 0.25) is 0 Å². The second-order valence-corrected chi connectivity index (χ2v) is 8.12. The Bertz CT molecular complexity index is 1360. The Morgan fingerprint density at radius 1 is 1.03 bits per heavy atom. The quantitative estimate of drug-likeness (QED) is 0.430.